The number of benzene rings is 1. The molecule has 1 aromatic rings. The van der Waals surface area contributed by atoms with Crippen molar-refractivity contribution in [3.63, 3.8) is 0 Å². The van der Waals surface area contributed by atoms with Crippen molar-refractivity contribution >= 4 is 17.4 Å². The molecule has 0 radical (unpaired) electrons. The van der Waals surface area contributed by atoms with Crippen molar-refractivity contribution < 1.29 is 0 Å². The normalized spacial score (nSPS) is 11.1. The fraction of sp³-hybridized carbons (Fsp3) is 0.167. The lowest BCUT2D eigenvalue weighted by Crippen LogP contribution is -2.22. The van der Waals surface area contributed by atoms with Crippen LogP contribution in [0.5, 0.6) is 0 Å². The molecule has 0 unspecified atom stereocenters. The molecule has 20 heavy (non-hydrogen) atoms. The summed E-state index contributed by atoms with van der Waals surface area (Å²) in [5.41, 5.74) is 12.3. The highest BCUT2D eigenvalue weighted by Gasteiger charge is 2.01. The third kappa shape index (κ3) is 4.55. The van der Waals surface area contributed by atoms with Gasteiger partial charge < -0.3 is 11.5 Å². The molecule has 0 heterocycles. The smallest absolute Gasteiger partial charge is 0.242 e. The van der Waals surface area contributed by atoms with Gasteiger partial charge in [-0.15, -0.1) is 5.10 Å². The van der Waals surface area contributed by atoms with Crippen LogP contribution in [0.25, 0.3) is 0 Å². The number of nitrogens with zero attached hydrogens (tertiary/aromatic N) is 6. The van der Waals surface area contributed by atoms with Crippen LogP contribution in [-0.4, -0.2) is 17.7 Å². The molecule has 8 heteroatoms. The van der Waals surface area contributed by atoms with Gasteiger partial charge in [-0.3, -0.25) is 0 Å². The summed E-state index contributed by atoms with van der Waals surface area (Å²) in [6.07, 6.45) is 0. The van der Waals surface area contributed by atoms with E-state index in [4.69, 9.17) is 22.0 Å². The first kappa shape index (κ1) is 14.8. The van der Waals surface area contributed by atoms with Crippen LogP contribution in [-0.2, 0) is 0 Å². The van der Waals surface area contributed by atoms with Gasteiger partial charge in [-0.25, -0.2) is 0 Å². The predicted octanol–water partition coefficient (Wildman–Crippen LogP) is 1.18. The molecule has 0 fully saturated rings. The Morgan fingerprint density at radius 3 is 2.20 bits per heavy atom. The van der Waals surface area contributed by atoms with Crippen LogP contribution in [0.2, 0.25) is 0 Å². The molecule has 0 amide bonds. The topological polar surface area (TPSA) is 149 Å². The molecule has 8 nitrogen and oxygen atoms in total. The van der Waals surface area contributed by atoms with E-state index < -0.39 is 6.04 Å². The summed E-state index contributed by atoms with van der Waals surface area (Å²) < 4.78 is 0. The first-order valence-corrected chi connectivity index (χ1v) is 5.50. The Balaban J connectivity index is 2.85. The summed E-state index contributed by atoms with van der Waals surface area (Å²) in [4.78, 5) is 0. The number of rotatable bonds is 4. The van der Waals surface area contributed by atoms with Gasteiger partial charge in [0, 0.05) is 0 Å². The zero-order chi connectivity index (χ0) is 15.0. The SMILES string of the molecule is C/C(=N/N=C(N)N)c1ccc(N=NC(C#N)C#N)cc1. The quantitative estimate of drug-likeness (QED) is 0.365. The standard InChI is InChI=1S/C12H12N8/c1-8(17-20-12(15)16)9-2-4-10(5-3-9)18-19-11(6-13)7-14/h2-5,11H,1H3,(H4,15,16,20)/b17-8-,19-18?. The van der Waals surface area contributed by atoms with Crippen molar-refractivity contribution in [3.8, 4) is 12.1 Å². The highest BCUT2D eigenvalue weighted by Crippen LogP contribution is 2.14. The van der Waals surface area contributed by atoms with Crippen molar-refractivity contribution in [1.82, 2.24) is 0 Å². The van der Waals surface area contributed by atoms with Crippen LogP contribution in [0.4, 0.5) is 5.69 Å². The van der Waals surface area contributed by atoms with E-state index in [9.17, 15) is 0 Å². The van der Waals surface area contributed by atoms with Crippen LogP contribution in [0.3, 0.4) is 0 Å². The number of nitriles is 2. The van der Waals surface area contributed by atoms with Crippen molar-refractivity contribution in [3.05, 3.63) is 29.8 Å². The number of nitrogens with two attached hydrogens (primary N) is 2. The van der Waals surface area contributed by atoms with Crippen molar-refractivity contribution in [1.29, 1.82) is 10.5 Å². The van der Waals surface area contributed by atoms with E-state index in [1.54, 1.807) is 43.3 Å². The molecule has 1 aromatic carbocycles. The second-order valence-electron chi connectivity index (χ2n) is 3.63. The first-order valence-electron chi connectivity index (χ1n) is 5.50. The lowest BCUT2D eigenvalue weighted by atomic mass is 10.1. The number of azo groups is 1. The van der Waals surface area contributed by atoms with Gasteiger partial charge >= 0.3 is 0 Å². The minimum atomic E-state index is -1.10. The summed E-state index contributed by atoms with van der Waals surface area (Å²) in [6, 6.07) is 9.17. The van der Waals surface area contributed by atoms with Crippen LogP contribution >= 0.6 is 0 Å². The molecule has 0 aromatic heterocycles. The predicted molar refractivity (Wildman–Crippen MR) is 74.0 cm³/mol. The average molecular weight is 268 g/mol. The van der Waals surface area contributed by atoms with Crippen LogP contribution in [0, 0.1) is 22.7 Å². The Morgan fingerprint density at radius 2 is 1.70 bits per heavy atom. The zero-order valence-electron chi connectivity index (χ0n) is 10.7. The molecule has 100 valence electrons. The molecule has 0 saturated carbocycles. The van der Waals surface area contributed by atoms with Gasteiger partial charge in [-0.05, 0) is 24.6 Å². The maximum Gasteiger partial charge on any atom is 0.242 e. The second kappa shape index (κ2) is 7.24. The fourth-order valence-corrected chi connectivity index (χ4v) is 1.16. The Bertz CT molecular complexity index is 609. The molecule has 0 bridgehead atoms. The Morgan fingerprint density at radius 1 is 1.10 bits per heavy atom. The minimum absolute atomic E-state index is 0.117. The Kier molecular flexibility index (Phi) is 5.35. The van der Waals surface area contributed by atoms with Gasteiger partial charge in [0.15, 0.2) is 0 Å². The van der Waals surface area contributed by atoms with E-state index in [0.29, 0.717) is 11.4 Å². The van der Waals surface area contributed by atoms with Gasteiger partial charge in [0.25, 0.3) is 0 Å². The highest BCUT2D eigenvalue weighted by atomic mass is 15.3. The van der Waals surface area contributed by atoms with Crippen LogP contribution in [0.1, 0.15) is 12.5 Å². The van der Waals surface area contributed by atoms with Gasteiger partial charge in [-0.1, -0.05) is 12.1 Å². The molecule has 0 atom stereocenters. The molecule has 4 N–H and O–H groups in total. The number of hydrogen-bond donors (Lipinski definition) is 2. The van der Waals surface area contributed by atoms with Crippen molar-refractivity contribution in [2.45, 2.75) is 13.0 Å². The summed E-state index contributed by atoms with van der Waals surface area (Å²) in [6.45, 7) is 1.75. The maximum absolute atomic E-state index is 8.55. The van der Waals surface area contributed by atoms with Crippen LogP contribution < -0.4 is 11.5 Å². The van der Waals surface area contributed by atoms with E-state index in [1.807, 2.05) is 0 Å². The molecular formula is C12H12N8. The summed E-state index contributed by atoms with van der Waals surface area (Å²) in [5, 5.41) is 31.9. The van der Waals surface area contributed by atoms with E-state index in [2.05, 4.69) is 20.4 Å². The molecule has 0 saturated heterocycles. The lowest BCUT2D eigenvalue weighted by Gasteiger charge is -1.99. The van der Waals surface area contributed by atoms with Gasteiger partial charge in [-0.2, -0.15) is 25.9 Å². The van der Waals surface area contributed by atoms with Crippen LogP contribution in [0.15, 0.2) is 44.7 Å². The van der Waals surface area contributed by atoms with Gasteiger partial charge in [0.1, 0.15) is 12.1 Å². The molecule has 0 aliphatic carbocycles. The van der Waals surface area contributed by atoms with Gasteiger partial charge in [0.2, 0.25) is 12.0 Å². The summed E-state index contributed by atoms with van der Waals surface area (Å²) in [7, 11) is 0. The summed E-state index contributed by atoms with van der Waals surface area (Å²) >= 11 is 0. The number of guanidine groups is 1. The number of hydrogen-bond acceptors (Lipinski definition) is 6. The third-order valence-corrected chi connectivity index (χ3v) is 2.13. The Labute approximate surface area is 115 Å². The summed E-state index contributed by atoms with van der Waals surface area (Å²) in [5.74, 6) is -0.117. The van der Waals surface area contributed by atoms with Crippen molar-refractivity contribution in [2.24, 2.45) is 31.9 Å². The third-order valence-electron chi connectivity index (χ3n) is 2.13. The van der Waals surface area contributed by atoms with E-state index in [0.717, 1.165) is 5.56 Å². The van der Waals surface area contributed by atoms with Crippen molar-refractivity contribution in [2.75, 3.05) is 0 Å². The van der Waals surface area contributed by atoms with E-state index in [1.165, 1.54) is 0 Å². The molecule has 0 aliphatic heterocycles. The van der Waals surface area contributed by atoms with Gasteiger partial charge in [0.05, 0.1) is 11.4 Å². The molecule has 0 aliphatic rings. The second-order valence-corrected chi connectivity index (χ2v) is 3.63. The lowest BCUT2D eigenvalue weighted by molar-refractivity contribution is 0.949. The minimum Gasteiger partial charge on any atom is -0.369 e. The maximum atomic E-state index is 8.55. The van der Waals surface area contributed by atoms with E-state index in [-0.39, 0.29) is 5.96 Å². The molecule has 0 spiro atoms. The highest BCUT2D eigenvalue weighted by molar-refractivity contribution is 5.99. The fourth-order valence-electron chi connectivity index (χ4n) is 1.16. The zero-order valence-corrected chi connectivity index (χ0v) is 10.7. The Hall–Kier alpha value is -3.26. The molecular weight excluding hydrogens is 256 g/mol. The largest absolute Gasteiger partial charge is 0.369 e. The molecule has 1 rings (SSSR count). The van der Waals surface area contributed by atoms with E-state index >= 15 is 0 Å². The monoisotopic (exact) mass is 268 g/mol. The first-order chi connectivity index (χ1) is 9.56. The average Bonchev–Trinajstić information content (AvgIpc) is 2.46.